The second kappa shape index (κ2) is 6.18. The molecular weight excluding hydrogens is 268 g/mol. The molecule has 0 aliphatic carbocycles. The largest absolute Gasteiger partial charge is 1.00 e. The molecule has 3 nitrogen and oxygen atoms in total. The van der Waals surface area contributed by atoms with Gasteiger partial charge in [-0.1, -0.05) is 28.5 Å². The molecule has 0 amide bonds. The summed E-state index contributed by atoms with van der Waals surface area (Å²) in [5, 5.41) is 3.68. The third kappa shape index (κ3) is 3.00. The van der Waals surface area contributed by atoms with Crippen LogP contribution in [0.15, 0.2) is 24.5 Å². The first kappa shape index (κ1) is 12.6. The number of aromatic nitrogens is 3. The minimum absolute atomic E-state index is 0. The van der Waals surface area contributed by atoms with Crippen LogP contribution in [0.1, 0.15) is 6.92 Å². The monoisotopic (exact) mass is 276 g/mol. The summed E-state index contributed by atoms with van der Waals surface area (Å²) >= 11 is 1.36. The molecule has 2 aromatic heterocycles. The fourth-order valence-electron chi connectivity index (χ4n) is 1.08. The van der Waals surface area contributed by atoms with E-state index in [2.05, 4.69) is 39.4 Å². The van der Waals surface area contributed by atoms with Crippen molar-refractivity contribution in [1.29, 1.82) is 0 Å². The molecule has 0 atom stereocenters. The standard InChI is InChI=1S/C9H9N3S.Rb/c1-2-12-5-3-8(4-6-12)9-7-10-11-13-9;/h3-6H,2H2,1H3;/q;+1. The van der Waals surface area contributed by atoms with Crippen molar-refractivity contribution >= 4 is 11.5 Å². The molecule has 0 unspecified atom stereocenters. The summed E-state index contributed by atoms with van der Waals surface area (Å²) < 4.78 is 5.88. The molecule has 0 aromatic carbocycles. The SMILES string of the molecule is CC[n+]1ccc(-c2[c-]nns2)cc1.[Rb+]. The van der Waals surface area contributed by atoms with Crippen molar-refractivity contribution in [3.8, 4) is 10.4 Å². The van der Waals surface area contributed by atoms with Gasteiger partial charge in [-0.25, -0.2) is 4.57 Å². The van der Waals surface area contributed by atoms with E-state index >= 15 is 0 Å². The van der Waals surface area contributed by atoms with E-state index in [1.807, 2.05) is 12.4 Å². The van der Waals surface area contributed by atoms with E-state index in [4.69, 9.17) is 0 Å². The van der Waals surface area contributed by atoms with Crippen LogP contribution >= 0.6 is 11.5 Å². The van der Waals surface area contributed by atoms with Crippen molar-refractivity contribution in [1.82, 2.24) is 9.59 Å². The van der Waals surface area contributed by atoms with E-state index in [1.54, 1.807) is 0 Å². The number of hydrogen-bond donors (Lipinski definition) is 0. The van der Waals surface area contributed by atoms with Crippen molar-refractivity contribution in [2.24, 2.45) is 0 Å². The molecule has 2 aromatic rings. The summed E-state index contributed by atoms with van der Waals surface area (Å²) in [5.74, 6) is 0. The van der Waals surface area contributed by atoms with Gasteiger partial charge in [-0.3, -0.25) is 5.10 Å². The normalized spacial score (nSPS) is 9.50. The quantitative estimate of drug-likeness (QED) is 0.484. The van der Waals surface area contributed by atoms with E-state index in [0.717, 1.165) is 17.0 Å². The van der Waals surface area contributed by atoms with Gasteiger partial charge in [-0.15, -0.1) is 16.2 Å². The molecule has 0 aliphatic rings. The van der Waals surface area contributed by atoms with E-state index in [-0.39, 0.29) is 58.2 Å². The molecule has 5 heteroatoms. The van der Waals surface area contributed by atoms with Crippen molar-refractivity contribution in [2.75, 3.05) is 0 Å². The molecule has 0 radical (unpaired) electrons. The maximum absolute atomic E-state index is 3.77. The van der Waals surface area contributed by atoms with Gasteiger partial charge in [0, 0.05) is 0 Å². The number of rotatable bonds is 2. The van der Waals surface area contributed by atoms with Gasteiger partial charge in [0.25, 0.3) is 0 Å². The van der Waals surface area contributed by atoms with Crippen molar-refractivity contribution < 1.29 is 62.8 Å². The number of pyridine rings is 1. The zero-order valence-electron chi connectivity index (χ0n) is 8.27. The molecule has 0 saturated heterocycles. The predicted octanol–water partition coefficient (Wildman–Crippen LogP) is -1.68. The Morgan fingerprint density at radius 3 is 2.64 bits per heavy atom. The topological polar surface area (TPSA) is 29.7 Å². The Labute approximate surface area is 136 Å². The molecule has 0 spiro atoms. The second-order valence-electron chi connectivity index (χ2n) is 2.63. The predicted molar refractivity (Wildman–Crippen MR) is 50.1 cm³/mol. The third-order valence-electron chi connectivity index (χ3n) is 1.84. The second-order valence-corrected chi connectivity index (χ2v) is 3.39. The molecule has 0 N–H and O–H groups in total. The van der Waals surface area contributed by atoms with Crippen LogP contribution in [0.25, 0.3) is 10.4 Å². The van der Waals surface area contributed by atoms with E-state index in [1.165, 1.54) is 11.5 Å². The van der Waals surface area contributed by atoms with Crippen LogP contribution in [0, 0.1) is 6.20 Å². The fraction of sp³-hybridized carbons (Fsp3) is 0.222. The van der Waals surface area contributed by atoms with Crippen molar-refractivity contribution in [3.63, 3.8) is 0 Å². The summed E-state index contributed by atoms with van der Waals surface area (Å²) in [6.45, 7) is 3.10. The van der Waals surface area contributed by atoms with Gasteiger partial charge in [-0.05, 0) is 6.92 Å². The van der Waals surface area contributed by atoms with Crippen LogP contribution < -0.4 is 62.8 Å². The average molecular weight is 277 g/mol. The summed E-state index contributed by atoms with van der Waals surface area (Å²) in [4.78, 5) is 0.989. The number of aryl methyl sites for hydroxylation is 1. The smallest absolute Gasteiger partial charge is 0.253 e. The number of nitrogens with zero attached hydrogens (tertiary/aromatic N) is 3. The Morgan fingerprint density at radius 2 is 2.14 bits per heavy atom. The van der Waals surface area contributed by atoms with Gasteiger partial charge in [0.2, 0.25) is 0 Å². The first-order valence-corrected chi connectivity index (χ1v) is 4.87. The van der Waals surface area contributed by atoms with Gasteiger partial charge < -0.3 is 0 Å². The molecule has 0 saturated carbocycles. The summed E-state index contributed by atoms with van der Waals surface area (Å²) in [6, 6.07) is 4.10. The zero-order valence-corrected chi connectivity index (χ0v) is 14.0. The van der Waals surface area contributed by atoms with Crippen LogP contribution in [0.5, 0.6) is 0 Å². The summed E-state index contributed by atoms with van der Waals surface area (Å²) in [7, 11) is 0. The molecule has 66 valence electrons. The molecule has 0 aliphatic heterocycles. The Balaban J connectivity index is 0.000000980. The van der Waals surface area contributed by atoms with Gasteiger partial charge >= 0.3 is 58.2 Å². The fourth-order valence-corrected chi connectivity index (χ4v) is 1.57. The Bertz CT molecular complexity index is 371. The Hall–Kier alpha value is 0.515. The van der Waals surface area contributed by atoms with E-state index < -0.39 is 0 Å². The van der Waals surface area contributed by atoms with Crippen LogP contribution in [-0.2, 0) is 6.54 Å². The first-order chi connectivity index (χ1) is 6.40. The molecule has 14 heavy (non-hydrogen) atoms. The van der Waals surface area contributed by atoms with Gasteiger partial charge in [0.1, 0.15) is 6.54 Å². The van der Waals surface area contributed by atoms with Crippen molar-refractivity contribution in [2.45, 2.75) is 13.5 Å². The molecule has 0 fully saturated rings. The summed E-state index contributed by atoms with van der Waals surface area (Å²) in [5.41, 5.74) is 1.12. The molecule has 0 bridgehead atoms. The van der Waals surface area contributed by atoms with Crippen molar-refractivity contribution in [3.05, 3.63) is 30.7 Å². The van der Waals surface area contributed by atoms with Gasteiger partial charge in [0.15, 0.2) is 12.4 Å². The third-order valence-corrected chi connectivity index (χ3v) is 2.52. The Kier molecular flexibility index (Phi) is 5.55. The molecule has 2 heterocycles. The van der Waals surface area contributed by atoms with Crippen LogP contribution in [0.3, 0.4) is 0 Å². The van der Waals surface area contributed by atoms with Crippen LogP contribution in [0.2, 0.25) is 0 Å². The van der Waals surface area contributed by atoms with Gasteiger partial charge in [0.05, 0.1) is 0 Å². The van der Waals surface area contributed by atoms with E-state index in [9.17, 15) is 0 Å². The Morgan fingerprint density at radius 1 is 1.43 bits per heavy atom. The minimum atomic E-state index is 0. The van der Waals surface area contributed by atoms with Crippen LogP contribution in [0.4, 0.5) is 0 Å². The van der Waals surface area contributed by atoms with Gasteiger partial charge in [-0.2, -0.15) is 0 Å². The van der Waals surface area contributed by atoms with Crippen LogP contribution in [-0.4, -0.2) is 9.59 Å². The minimum Gasteiger partial charge on any atom is -0.253 e. The molecular formula is C9H9N3RbS+. The maximum Gasteiger partial charge on any atom is 1.00 e. The molecule has 2 rings (SSSR count). The van der Waals surface area contributed by atoms with E-state index in [0.29, 0.717) is 0 Å². The first-order valence-electron chi connectivity index (χ1n) is 4.09. The maximum atomic E-state index is 3.77. The number of hydrogen-bond acceptors (Lipinski definition) is 3. The average Bonchev–Trinajstić information content (AvgIpc) is 2.71. The summed E-state index contributed by atoms with van der Waals surface area (Å²) in [6.07, 6.45) is 6.93. The zero-order chi connectivity index (χ0) is 9.10.